The van der Waals surface area contributed by atoms with E-state index in [2.05, 4.69) is 16.0 Å². The van der Waals surface area contributed by atoms with E-state index in [4.69, 9.17) is 0 Å². The number of nitrogens with one attached hydrogen (secondary N) is 2. The standard InChI is InChI=1S/C15H32N3.2CH3.3ClH.Ti/c1-4-10-16-12-6-2-8-14-18-15-9-3-7-13-17-11-5-1;;;;;;/h16-17H,1-15H2;2*1H3;3*1H;/q3*-1;;;;+3. The van der Waals surface area contributed by atoms with Gasteiger partial charge in [0.05, 0.1) is 0 Å². The first kappa shape index (κ1) is 40.2. The van der Waals surface area contributed by atoms with Crippen LogP contribution < -0.4 is 10.6 Å². The Kier molecular flexibility index (Phi) is 59.6. The molecule has 1 heterocycles. The third-order valence-electron chi connectivity index (χ3n) is 3.55. The van der Waals surface area contributed by atoms with Gasteiger partial charge >= 0.3 is 21.7 Å². The summed E-state index contributed by atoms with van der Waals surface area (Å²) in [7, 11) is 0. The van der Waals surface area contributed by atoms with Crippen LogP contribution in [0.15, 0.2) is 0 Å². The van der Waals surface area contributed by atoms with Crippen molar-refractivity contribution in [3.63, 3.8) is 0 Å². The minimum Gasteiger partial charge on any atom is -0.662 e. The molecule has 1 aliphatic rings. The van der Waals surface area contributed by atoms with Crippen molar-refractivity contribution < 1.29 is 21.7 Å². The number of rotatable bonds is 0. The largest absolute Gasteiger partial charge is 3.00 e. The maximum absolute atomic E-state index is 4.59. The first-order chi connectivity index (χ1) is 9.00. The summed E-state index contributed by atoms with van der Waals surface area (Å²) in [4.78, 5) is 0. The fourth-order valence-corrected chi connectivity index (χ4v) is 2.34. The van der Waals surface area contributed by atoms with Gasteiger partial charge in [-0.3, -0.25) is 0 Å². The summed E-state index contributed by atoms with van der Waals surface area (Å²) in [5.74, 6) is 0. The van der Waals surface area contributed by atoms with Crippen LogP contribution in [0.3, 0.4) is 0 Å². The van der Waals surface area contributed by atoms with Gasteiger partial charge in [0.1, 0.15) is 0 Å². The van der Waals surface area contributed by atoms with E-state index in [1.165, 1.54) is 84.0 Å². The normalized spacial score (nSPS) is 18.0. The zero-order valence-electron chi connectivity index (χ0n) is 15.8. The summed E-state index contributed by atoms with van der Waals surface area (Å²) in [6.45, 7) is 6.95. The predicted octanol–water partition coefficient (Wildman–Crippen LogP) is 5.23. The number of nitrogens with zero attached hydrogens (tertiary/aromatic N) is 1. The number of hydrogen-bond donors (Lipinski definition) is 2. The molecule has 0 saturated carbocycles. The molecule has 3 nitrogen and oxygen atoms in total. The van der Waals surface area contributed by atoms with Crippen LogP contribution in [0, 0.1) is 14.9 Å². The van der Waals surface area contributed by atoms with E-state index in [1.807, 2.05) is 0 Å². The summed E-state index contributed by atoms with van der Waals surface area (Å²) in [5, 5.41) is 11.7. The molecule has 2 N–H and O–H groups in total. The van der Waals surface area contributed by atoms with E-state index in [0.717, 1.165) is 13.1 Å². The molecule has 0 bridgehead atoms. The van der Waals surface area contributed by atoms with Crippen LogP contribution in [0.25, 0.3) is 5.32 Å². The second-order valence-corrected chi connectivity index (χ2v) is 5.35. The van der Waals surface area contributed by atoms with Gasteiger partial charge in [0.15, 0.2) is 0 Å². The van der Waals surface area contributed by atoms with E-state index in [1.54, 1.807) is 0 Å². The zero-order chi connectivity index (χ0) is 12.7. The fourth-order valence-electron chi connectivity index (χ4n) is 2.34. The van der Waals surface area contributed by atoms with Crippen molar-refractivity contribution in [2.24, 2.45) is 0 Å². The number of halogens is 3. The Morgan fingerprint density at radius 1 is 0.458 bits per heavy atom. The summed E-state index contributed by atoms with van der Waals surface area (Å²) < 4.78 is 0. The maximum Gasteiger partial charge on any atom is 3.00 e. The van der Waals surface area contributed by atoms with Crippen LogP contribution in [-0.4, -0.2) is 39.3 Å². The minimum absolute atomic E-state index is 0. The van der Waals surface area contributed by atoms with Crippen molar-refractivity contribution in [1.29, 1.82) is 0 Å². The Labute approximate surface area is 186 Å². The molecule has 1 aliphatic heterocycles. The molecule has 0 spiro atoms. The fraction of sp³-hybridized carbons (Fsp3) is 0.882. The zero-order valence-corrected chi connectivity index (χ0v) is 19.8. The Balaban J connectivity index is -0.000000135. The first-order valence-corrected chi connectivity index (χ1v) is 8.05. The van der Waals surface area contributed by atoms with Crippen molar-refractivity contribution in [2.45, 2.75) is 57.8 Å². The quantitative estimate of drug-likeness (QED) is 0.399. The maximum atomic E-state index is 4.59. The molecule has 1 rings (SSSR count). The van der Waals surface area contributed by atoms with Gasteiger partial charge in [-0.25, -0.2) is 0 Å². The van der Waals surface area contributed by atoms with Gasteiger partial charge in [-0.05, 0) is 51.9 Å². The van der Waals surface area contributed by atoms with Crippen LogP contribution in [-0.2, 0) is 21.7 Å². The molecule has 1 radical (unpaired) electrons. The van der Waals surface area contributed by atoms with Gasteiger partial charge in [-0.2, -0.15) is 0 Å². The summed E-state index contributed by atoms with van der Waals surface area (Å²) in [6.07, 6.45) is 11.9. The Morgan fingerprint density at radius 3 is 1.08 bits per heavy atom. The molecular weight excluding hydrogens is 400 g/mol. The van der Waals surface area contributed by atoms with Crippen molar-refractivity contribution in [1.82, 2.24) is 10.6 Å². The molecule has 0 aromatic carbocycles. The SMILES string of the molecule is C1CC[N-]CCCCCNCCCCCNCC1.Cl.Cl.Cl.[CH3-].[CH3-].[Ti+3]. The van der Waals surface area contributed by atoms with Gasteiger partial charge in [-0.1, -0.05) is 32.1 Å². The Morgan fingerprint density at radius 2 is 0.750 bits per heavy atom. The Bertz CT molecular complexity index is 106. The van der Waals surface area contributed by atoms with Crippen LogP contribution in [0.2, 0.25) is 0 Å². The molecule has 0 amide bonds. The van der Waals surface area contributed by atoms with Crippen molar-refractivity contribution in [3.05, 3.63) is 20.2 Å². The molecular formula is C17H41Cl3N3Ti. The van der Waals surface area contributed by atoms with E-state index in [9.17, 15) is 0 Å². The molecule has 0 aliphatic carbocycles. The topological polar surface area (TPSA) is 38.2 Å². The predicted molar refractivity (Wildman–Crippen MR) is 115 cm³/mol. The molecule has 0 aromatic rings. The van der Waals surface area contributed by atoms with Crippen molar-refractivity contribution in [2.75, 3.05) is 39.3 Å². The van der Waals surface area contributed by atoms with Crippen molar-refractivity contribution >= 4 is 37.2 Å². The van der Waals surface area contributed by atoms with Gasteiger partial charge in [0, 0.05) is 0 Å². The molecule has 1 saturated heterocycles. The van der Waals surface area contributed by atoms with Crippen LogP contribution >= 0.6 is 37.2 Å². The van der Waals surface area contributed by atoms with Crippen molar-refractivity contribution in [3.8, 4) is 0 Å². The van der Waals surface area contributed by atoms with Gasteiger partial charge in [-0.15, -0.1) is 50.3 Å². The monoisotopic (exact) mass is 440 g/mol. The third kappa shape index (κ3) is 31.3. The summed E-state index contributed by atoms with van der Waals surface area (Å²) in [5.41, 5.74) is 0. The minimum atomic E-state index is 0. The van der Waals surface area contributed by atoms with E-state index in [0.29, 0.717) is 0 Å². The molecule has 0 aromatic heterocycles. The van der Waals surface area contributed by atoms with E-state index < -0.39 is 0 Å². The van der Waals surface area contributed by atoms with Crippen LogP contribution in [0.5, 0.6) is 0 Å². The molecule has 149 valence electrons. The molecule has 0 atom stereocenters. The van der Waals surface area contributed by atoms with Gasteiger partial charge in [0.25, 0.3) is 0 Å². The van der Waals surface area contributed by atoms with Crippen LogP contribution in [0.1, 0.15) is 57.8 Å². The smallest absolute Gasteiger partial charge is 0.662 e. The molecule has 7 heteroatoms. The molecule has 1 fully saturated rings. The van der Waals surface area contributed by atoms with Gasteiger partial charge in [0.2, 0.25) is 0 Å². The molecule has 24 heavy (non-hydrogen) atoms. The summed E-state index contributed by atoms with van der Waals surface area (Å²) >= 11 is 0. The average Bonchev–Trinajstić information content (AvgIpc) is 2.39. The average molecular weight is 442 g/mol. The van der Waals surface area contributed by atoms with E-state index in [-0.39, 0.29) is 73.8 Å². The molecule has 0 unspecified atom stereocenters. The first-order valence-electron chi connectivity index (χ1n) is 8.05. The number of hydrogen-bond acceptors (Lipinski definition) is 2. The van der Waals surface area contributed by atoms with Gasteiger partial charge < -0.3 is 30.8 Å². The second-order valence-electron chi connectivity index (χ2n) is 5.35. The Hall–Kier alpha value is 1.46. The second kappa shape index (κ2) is 35.6. The third-order valence-corrected chi connectivity index (χ3v) is 3.55. The summed E-state index contributed by atoms with van der Waals surface area (Å²) in [6, 6.07) is 0. The van der Waals surface area contributed by atoms with E-state index >= 15 is 0 Å². The van der Waals surface area contributed by atoms with Crippen LogP contribution in [0.4, 0.5) is 0 Å².